The molecule has 2 amide bonds. The Morgan fingerprint density at radius 3 is 2.67 bits per heavy atom. The lowest BCUT2D eigenvalue weighted by Crippen LogP contribution is -2.42. The van der Waals surface area contributed by atoms with Gasteiger partial charge in [-0.05, 0) is 50.5 Å². The summed E-state index contributed by atoms with van der Waals surface area (Å²) >= 11 is 0. The van der Waals surface area contributed by atoms with E-state index in [4.69, 9.17) is 4.42 Å². The number of nitrogens with zero attached hydrogens (tertiary/aromatic N) is 1. The van der Waals surface area contributed by atoms with E-state index in [-0.39, 0.29) is 23.6 Å². The van der Waals surface area contributed by atoms with E-state index in [9.17, 15) is 9.59 Å². The van der Waals surface area contributed by atoms with Gasteiger partial charge in [0, 0.05) is 18.0 Å². The molecule has 0 radical (unpaired) electrons. The molecule has 1 aromatic heterocycles. The number of para-hydroxylation sites is 2. The number of carbonyl (C=O) groups excluding carboxylic acids is 2. The number of amides is 2. The van der Waals surface area contributed by atoms with Gasteiger partial charge in [-0.2, -0.15) is 0 Å². The number of furan rings is 1. The Morgan fingerprint density at radius 1 is 1.07 bits per heavy atom. The lowest BCUT2D eigenvalue weighted by molar-refractivity contribution is 0.0636. The number of carbonyl (C=O) groups is 2. The van der Waals surface area contributed by atoms with Gasteiger partial charge in [-0.25, -0.2) is 0 Å². The van der Waals surface area contributed by atoms with Crippen molar-refractivity contribution >= 4 is 28.5 Å². The zero-order valence-electron chi connectivity index (χ0n) is 15.3. The van der Waals surface area contributed by atoms with E-state index in [1.165, 1.54) is 0 Å². The summed E-state index contributed by atoms with van der Waals surface area (Å²) in [5.41, 5.74) is 1.68. The van der Waals surface area contributed by atoms with E-state index in [0.717, 1.165) is 31.2 Å². The first-order valence-electron chi connectivity index (χ1n) is 9.33. The summed E-state index contributed by atoms with van der Waals surface area (Å²) in [4.78, 5) is 27.6. The number of nitrogens with one attached hydrogen (secondary N) is 1. The number of rotatable bonds is 3. The summed E-state index contributed by atoms with van der Waals surface area (Å²) < 4.78 is 5.63. The fourth-order valence-electron chi connectivity index (χ4n) is 3.61. The molecule has 0 saturated carbocycles. The fourth-order valence-corrected chi connectivity index (χ4v) is 3.61. The Morgan fingerprint density at radius 2 is 1.85 bits per heavy atom. The Bertz CT molecular complexity index is 959. The van der Waals surface area contributed by atoms with E-state index in [1.54, 1.807) is 18.2 Å². The molecule has 2 aromatic carbocycles. The first-order valence-corrected chi connectivity index (χ1v) is 9.33. The highest BCUT2D eigenvalue weighted by Crippen LogP contribution is 2.25. The zero-order valence-corrected chi connectivity index (χ0v) is 15.3. The average Bonchev–Trinajstić information content (AvgIpc) is 3.13. The maximum atomic E-state index is 13.0. The first-order chi connectivity index (χ1) is 13.1. The van der Waals surface area contributed by atoms with Gasteiger partial charge in [0.2, 0.25) is 0 Å². The molecule has 2 heterocycles. The number of hydrogen-bond acceptors (Lipinski definition) is 3. The van der Waals surface area contributed by atoms with Gasteiger partial charge in [-0.3, -0.25) is 9.59 Å². The van der Waals surface area contributed by atoms with Gasteiger partial charge in [0.15, 0.2) is 5.76 Å². The number of anilines is 1. The SMILES string of the molecule is CC1CCCCN1C(=O)c1ccccc1NC(=O)c1cc2ccccc2o1. The standard InChI is InChI=1S/C22H22N2O3/c1-15-8-6-7-13-24(15)22(26)17-10-3-4-11-18(17)23-21(25)20-14-16-9-2-5-12-19(16)27-20/h2-5,9-12,14-15H,6-8,13H2,1H3,(H,23,25). The molecule has 5 nitrogen and oxygen atoms in total. The van der Waals surface area contributed by atoms with Crippen LogP contribution in [0.15, 0.2) is 59.0 Å². The highest BCUT2D eigenvalue weighted by Gasteiger charge is 2.26. The van der Waals surface area contributed by atoms with Crippen molar-refractivity contribution in [1.82, 2.24) is 4.90 Å². The van der Waals surface area contributed by atoms with Crippen molar-refractivity contribution in [1.29, 1.82) is 0 Å². The van der Waals surface area contributed by atoms with Crippen LogP contribution in [0.3, 0.4) is 0 Å². The lowest BCUT2D eigenvalue weighted by Gasteiger charge is -2.33. The Balaban J connectivity index is 1.59. The van der Waals surface area contributed by atoms with Gasteiger partial charge in [0.25, 0.3) is 11.8 Å². The molecule has 1 N–H and O–H groups in total. The van der Waals surface area contributed by atoms with Gasteiger partial charge in [0.05, 0.1) is 11.3 Å². The molecule has 1 aliphatic heterocycles. The molecule has 1 fully saturated rings. The third kappa shape index (κ3) is 3.45. The number of hydrogen-bond donors (Lipinski definition) is 1. The predicted octanol–water partition coefficient (Wildman–Crippen LogP) is 4.70. The molecule has 0 bridgehead atoms. The van der Waals surface area contributed by atoms with Crippen LogP contribution in [0, 0.1) is 0 Å². The van der Waals surface area contributed by atoms with Gasteiger partial charge < -0.3 is 14.6 Å². The zero-order chi connectivity index (χ0) is 18.8. The summed E-state index contributed by atoms with van der Waals surface area (Å²) in [5, 5.41) is 3.71. The molecule has 1 saturated heterocycles. The predicted molar refractivity (Wildman–Crippen MR) is 105 cm³/mol. The summed E-state index contributed by atoms with van der Waals surface area (Å²) in [6, 6.07) is 16.5. The van der Waals surface area contributed by atoms with Gasteiger partial charge in [0.1, 0.15) is 5.58 Å². The Kier molecular flexibility index (Phi) is 4.67. The van der Waals surface area contributed by atoms with Crippen molar-refractivity contribution in [3.05, 3.63) is 65.9 Å². The maximum absolute atomic E-state index is 13.0. The van der Waals surface area contributed by atoms with Crippen molar-refractivity contribution in [2.45, 2.75) is 32.2 Å². The average molecular weight is 362 g/mol. The molecule has 138 valence electrons. The largest absolute Gasteiger partial charge is 0.451 e. The topological polar surface area (TPSA) is 62.6 Å². The van der Waals surface area contributed by atoms with Gasteiger partial charge in [-0.1, -0.05) is 30.3 Å². The van der Waals surface area contributed by atoms with Gasteiger partial charge in [-0.15, -0.1) is 0 Å². The van der Waals surface area contributed by atoms with E-state index in [0.29, 0.717) is 16.8 Å². The molecule has 0 spiro atoms. The van der Waals surface area contributed by atoms with Crippen molar-refractivity contribution in [2.24, 2.45) is 0 Å². The van der Waals surface area contributed by atoms with Crippen LogP contribution in [0.2, 0.25) is 0 Å². The van der Waals surface area contributed by atoms with Crippen LogP contribution in [0.4, 0.5) is 5.69 Å². The third-order valence-electron chi connectivity index (χ3n) is 5.12. The smallest absolute Gasteiger partial charge is 0.291 e. The van der Waals surface area contributed by atoms with Crippen LogP contribution in [-0.4, -0.2) is 29.3 Å². The molecule has 1 atom stereocenters. The minimum Gasteiger partial charge on any atom is -0.451 e. The van der Waals surface area contributed by atoms with Crippen molar-refractivity contribution in [2.75, 3.05) is 11.9 Å². The maximum Gasteiger partial charge on any atom is 0.291 e. The van der Waals surface area contributed by atoms with Crippen LogP contribution < -0.4 is 5.32 Å². The number of likely N-dealkylation sites (tertiary alicyclic amines) is 1. The molecule has 1 unspecified atom stereocenters. The third-order valence-corrected chi connectivity index (χ3v) is 5.12. The molecule has 4 rings (SSSR count). The normalized spacial score (nSPS) is 17.1. The van der Waals surface area contributed by atoms with Crippen molar-refractivity contribution in [3.63, 3.8) is 0 Å². The van der Waals surface area contributed by atoms with Crippen LogP contribution in [0.25, 0.3) is 11.0 Å². The first kappa shape index (κ1) is 17.3. The Hall–Kier alpha value is -3.08. The van der Waals surface area contributed by atoms with Crippen LogP contribution in [0.5, 0.6) is 0 Å². The molecule has 1 aliphatic rings. The molecular formula is C22H22N2O3. The second-order valence-corrected chi connectivity index (χ2v) is 6.99. The van der Waals surface area contributed by atoms with Crippen LogP contribution in [0.1, 0.15) is 47.1 Å². The summed E-state index contributed by atoms with van der Waals surface area (Å²) in [7, 11) is 0. The van der Waals surface area contributed by atoms with Crippen molar-refractivity contribution in [3.8, 4) is 0 Å². The second kappa shape index (κ2) is 7.27. The van der Waals surface area contributed by atoms with Crippen LogP contribution >= 0.6 is 0 Å². The highest BCUT2D eigenvalue weighted by atomic mass is 16.3. The number of fused-ring (bicyclic) bond motifs is 1. The quantitative estimate of drug-likeness (QED) is 0.734. The van der Waals surface area contributed by atoms with Gasteiger partial charge >= 0.3 is 0 Å². The molecule has 0 aliphatic carbocycles. The van der Waals surface area contributed by atoms with E-state index < -0.39 is 0 Å². The van der Waals surface area contributed by atoms with E-state index >= 15 is 0 Å². The van der Waals surface area contributed by atoms with E-state index in [2.05, 4.69) is 12.2 Å². The van der Waals surface area contributed by atoms with Crippen molar-refractivity contribution < 1.29 is 14.0 Å². The molecular weight excluding hydrogens is 340 g/mol. The summed E-state index contributed by atoms with van der Waals surface area (Å²) in [6.45, 7) is 2.83. The van der Waals surface area contributed by atoms with E-state index in [1.807, 2.05) is 41.3 Å². The van der Waals surface area contributed by atoms with Crippen LogP contribution in [-0.2, 0) is 0 Å². The fraction of sp³-hybridized carbons (Fsp3) is 0.273. The molecule has 5 heteroatoms. The Labute approximate surface area is 158 Å². The minimum absolute atomic E-state index is 0.0392. The molecule has 3 aromatic rings. The number of benzene rings is 2. The minimum atomic E-state index is -0.363. The number of piperidine rings is 1. The lowest BCUT2D eigenvalue weighted by atomic mass is 10.0. The summed E-state index contributed by atoms with van der Waals surface area (Å²) in [5.74, 6) is -0.175. The second-order valence-electron chi connectivity index (χ2n) is 6.99. The summed E-state index contributed by atoms with van der Waals surface area (Å²) in [6.07, 6.45) is 3.18. The molecule has 27 heavy (non-hydrogen) atoms. The monoisotopic (exact) mass is 362 g/mol. The highest BCUT2D eigenvalue weighted by molar-refractivity contribution is 6.09.